The fourth-order valence-corrected chi connectivity index (χ4v) is 18.3. The summed E-state index contributed by atoms with van der Waals surface area (Å²) in [5.41, 5.74) is 31.0. The number of fused-ring (bicyclic) bond motifs is 16. The Hall–Kier alpha value is -14.2. The van der Waals surface area contributed by atoms with Gasteiger partial charge in [-0.25, -0.2) is 4.98 Å². The number of aromatic nitrogens is 6. The topological polar surface area (TPSA) is 73.1 Å². The van der Waals surface area contributed by atoms with E-state index in [0.717, 1.165) is 170 Å². The van der Waals surface area contributed by atoms with Crippen molar-refractivity contribution in [2.24, 2.45) is 0 Å². The van der Waals surface area contributed by atoms with E-state index in [2.05, 4.69) is 379 Å². The lowest BCUT2D eigenvalue weighted by molar-refractivity contribution is 0.217. The summed E-state index contributed by atoms with van der Waals surface area (Å²) in [5.74, 6) is 1.75. The normalized spacial score (nSPS) is 12.4. The highest BCUT2D eigenvalue weighted by Crippen LogP contribution is 2.47. The third-order valence-corrected chi connectivity index (χ3v) is 23.8. The van der Waals surface area contributed by atoms with Crippen molar-refractivity contribution in [3.8, 4) is 79.0 Å². The molecule has 0 saturated carbocycles. The molecule has 7 heterocycles. The number of benzene rings is 15. The van der Waals surface area contributed by atoms with Crippen molar-refractivity contribution in [3.05, 3.63) is 356 Å². The van der Waals surface area contributed by atoms with Crippen LogP contribution in [-0.4, -0.2) is 33.9 Å². The molecule has 0 radical (unpaired) electrons. The second kappa shape index (κ2) is 26.0. The number of para-hydroxylation sites is 5. The van der Waals surface area contributed by atoms with E-state index in [9.17, 15) is 0 Å². The molecule has 22 aromatic rings. The minimum Gasteiger partial charge on any atom is -0.491 e. The average Bonchev–Trinajstić information content (AvgIpc) is 1.57. The lowest BCUT2D eigenvalue weighted by atomic mass is 9.99. The van der Waals surface area contributed by atoms with Crippen LogP contribution < -0.4 is 4.74 Å². The smallest absolute Gasteiger partial charge is 0.159 e. The molecule has 0 aliphatic heterocycles. The Balaban J connectivity index is 0.583. The molecule has 0 aliphatic rings. The zero-order chi connectivity index (χ0) is 75.3. The van der Waals surface area contributed by atoms with Gasteiger partial charge in [0.25, 0.3) is 0 Å². The van der Waals surface area contributed by atoms with Gasteiger partial charge in [0.2, 0.25) is 0 Å². The Bertz CT molecular complexity index is 7640. The Morgan fingerprint density at radius 1 is 0.345 bits per heavy atom. The van der Waals surface area contributed by atoms with E-state index < -0.39 is 0 Å². The molecule has 22 rings (SSSR count). The maximum Gasteiger partial charge on any atom is 0.159 e. The van der Waals surface area contributed by atoms with E-state index in [1.807, 2.05) is 6.20 Å². The highest BCUT2D eigenvalue weighted by atomic mass is 16.5. The molecule has 9 heteroatoms. The van der Waals surface area contributed by atoms with E-state index in [0.29, 0.717) is 0 Å². The second-order valence-corrected chi connectivity index (χ2v) is 30.6. The first-order valence-electron chi connectivity index (χ1n) is 39.3. The molecule has 7 aromatic heterocycles. The van der Waals surface area contributed by atoms with E-state index >= 15 is 0 Å². The monoisotopic (exact) mass is 1460 g/mol. The molecule has 15 aromatic carbocycles. The molecule has 1 atom stereocenters. The van der Waals surface area contributed by atoms with Gasteiger partial charge in [-0.15, -0.1) is 0 Å². The maximum absolute atomic E-state index is 7.14. The predicted octanol–water partition coefficient (Wildman–Crippen LogP) is 27.5. The van der Waals surface area contributed by atoms with Gasteiger partial charge < -0.3 is 31.8 Å². The second-order valence-electron chi connectivity index (χ2n) is 30.6. The van der Waals surface area contributed by atoms with Gasteiger partial charge >= 0.3 is 0 Å². The van der Waals surface area contributed by atoms with Crippen LogP contribution in [0.1, 0.15) is 48.2 Å². The number of furan rings is 2. The van der Waals surface area contributed by atoms with Gasteiger partial charge in [0, 0.05) is 117 Å². The number of ether oxygens (including phenoxy) is 1. The first-order valence-corrected chi connectivity index (χ1v) is 39.3. The quantitative estimate of drug-likeness (QED) is 0.103. The molecule has 0 aliphatic carbocycles. The van der Waals surface area contributed by atoms with Crippen molar-refractivity contribution >= 4 is 120 Å². The Morgan fingerprint density at radius 3 is 1.42 bits per heavy atom. The standard InChI is InChI=1S/C104H76N6O3/c1-6-65(4)111-78-61-89-88-58-73(43-50-101(88)113-103(89)98(62-78)107-66(5)102(82-26-13-17-30-94(82)107)74-41-47-95-85(59-74)81-25-10-14-27-91(81)108(95)75-19-8-7-9-20-75)71-40-46-97-84(56-71)80-24-12-16-29-93(80)110(97)77-22-18-21-76(60-77)109-92-28-15-11-23-79(92)83-55-70(39-45-96(83)109)72-42-49-100-87(57-72)86-54-68(36-48-99(86)112-100)33-32-67-34-37-69(38-35-67)104-105-51-52-106(104)90-44-31-63(2)53-64(90)3/h7-31,34-62,65H,6,32-33H2,1-5H3. The zero-order valence-corrected chi connectivity index (χ0v) is 63.3. The third-order valence-electron chi connectivity index (χ3n) is 23.8. The molecular formula is C104H76N6O3. The minimum atomic E-state index is -0.00197. The van der Waals surface area contributed by atoms with Gasteiger partial charge in [0.05, 0.1) is 50.4 Å². The Morgan fingerprint density at radius 2 is 0.814 bits per heavy atom. The van der Waals surface area contributed by atoms with Crippen molar-refractivity contribution in [1.82, 2.24) is 27.8 Å². The predicted molar refractivity (Wildman–Crippen MR) is 468 cm³/mol. The molecule has 540 valence electrons. The zero-order valence-electron chi connectivity index (χ0n) is 63.3. The fourth-order valence-electron chi connectivity index (χ4n) is 18.3. The Kier molecular flexibility index (Phi) is 15.2. The number of hydrogen-bond donors (Lipinski definition) is 0. The van der Waals surface area contributed by atoms with Crippen LogP contribution in [0.4, 0.5) is 0 Å². The van der Waals surface area contributed by atoms with Gasteiger partial charge in [-0.05, 0) is 231 Å². The van der Waals surface area contributed by atoms with Crippen molar-refractivity contribution in [2.75, 3.05) is 0 Å². The molecule has 0 fully saturated rings. The summed E-state index contributed by atoms with van der Waals surface area (Å²) in [6.07, 6.45) is 6.63. The van der Waals surface area contributed by atoms with Gasteiger partial charge in [-0.2, -0.15) is 0 Å². The SMILES string of the molecule is CCC(C)Oc1cc(-n2c(C)c(-c3ccc4c(c3)c3ccccc3n4-c3ccccc3)c3ccccc32)c2oc3ccc(-c4ccc5c(c4)c4ccccc4n5-c4cccc(-n5c6ccccc6c6cc(-c7ccc8oc9ccc(CCc%10ccc(-c%11nccn%11-c%11ccc(C)cc%11C)cc%10)cc9c8c7)ccc65)c4)cc3c2c1. The van der Waals surface area contributed by atoms with Crippen molar-refractivity contribution in [2.45, 2.75) is 60.0 Å². The first-order chi connectivity index (χ1) is 55.6. The summed E-state index contributed by atoms with van der Waals surface area (Å²) in [4.78, 5) is 4.78. The molecule has 0 saturated heterocycles. The molecular weight excluding hydrogens is 1380 g/mol. The van der Waals surface area contributed by atoms with E-state index in [1.165, 1.54) is 76.6 Å². The number of aryl methyl sites for hydroxylation is 4. The maximum atomic E-state index is 7.14. The van der Waals surface area contributed by atoms with Crippen LogP contribution in [0.25, 0.3) is 193 Å². The molecule has 0 spiro atoms. The summed E-state index contributed by atoms with van der Waals surface area (Å²) < 4.78 is 32.3. The summed E-state index contributed by atoms with van der Waals surface area (Å²) in [6.45, 7) is 10.9. The fraction of sp³-hybridized carbons (Fsp3) is 0.0865. The van der Waals surface area contributed by atoms with Gasteiger partial charge in [-0.1, -0.05) is 182 Å². The number of imidazole rings is 1. The molecule has 1 unspecified atom stereocenters. The molecule has 113 heavy (non-hydrogen) atoms. The molecule has 9 nitrogen and oxygen atoms in total. The van der Waals surface area contributed by atoms with Crippen LogP contribution in [-0.2, 0) is 12.8 Å². The largest absolute Gasteiger partial charge is 0.491 e. The van der Waals surface area contributed by atoms with E-state index in [1.54, 1.807) is 0 Å². The lowest BCUT2D eigenvalue weighted by Gasteiger charge is -2.16. The Labute approximate surface area is 652 Å². The highest BCUT2D eigenvalue weighted by Gasteiger charge is 2.26. The van der Waals surface area contributed by atoms with Gasteiger partial charge in [0.1, 0.15) is 28.3 Å². The minimum absolute atomic E-state index is 0.00197. The number of hydrogen-bond acceptors (Lipinski definition) is 4. The van der Waals surface area contributed by atoms with E-state index in [-0.39, 0.29) is 6.10 Å². The number of rotatable bonds is 15. The van der Waals surface area contributed by atoms with Crippen molar-refractivity contribution in [1.29, 1.82) is 0 Å². The molecule has 0 bridgehead atoms. The summed E-state index contributed by atoms with van der Waals surface area (Å²) >= 11 is 0. The summed E-state index contributed by atoms with van der Waals surface area (Å²) in [7, 11) is 0. The summed E-state index contributed by atoms with van der Waals surface area (Å²) in [6, 6.07) is 116. The first kappa shape index (κ1) is 65.9. The van der Waals surface area contributed by atoms with Gasteiger partial charge in [-0.3, -0.25) is 4.57 Å². The molecule has 0 N–H and O–H groups in total. The van der Waals surface area contributed by atoms with Crippen LogP contribution in [0.2, 0.25) is 0 Å². The summed E-state index contributed by atoms with van der Waals surface area (Å²) in [5, 5.41) is 12.7. The number of nitrogens with zero attached hydrogens (tertiary/aromatic N) is 6. The lowest BCUT2D eigenvalue weighted by Crippen LogP contribution is -2.10. The van der Waals surface area contributed by atoms with E-state index in [4.69, 9.17) is 18.6 Å². The van der Waals surface area contributed by atoms with Gasteiger partial charge in [0.15, 0.2) is 5.58 Å². The van der Waals surface area contributed by atoms with Crippen molar-refractivity contribution < 1.29 is 13.6 Å². The van der Waals surface area contributed by atoms with Crippen LogP contribution in [0.5, 0.6) is 5.75 Å². The van der Waals surface area contributed by atoms with Crippen LogP contribution in [0.15, 0.2) is 337 Å². The van der Waals surface area contributed by atoms with Crippen LogP contribution in [0, 0.1) is 20.8 Å². The third kappa shape index (κ3) is 10.7. The van der Waals surface area contributed by atoms with Crippen LogP contribution in [0.3, 0.4) is 0 Å². The molecule has 0 amide bonds. The highest BCUT2D eigenvalue weighted by molar-refractivity contribution is 6.16. The average molecular weight is 1460 g/mol. The van der Waals surface area contributed by atoms with Crippen LogP contribution >= 0.6 is 0 Å². The van der Waals surface area contributed by atoms with Crippen molar-refractivity contribution in [3.63, 3.8) is 0 Å².